The molecule has 1 heterocycles. The SMILES string of the molecule is COC(=O)c1cc(N(CCCSc2cccc(C)c2)S(=O)(=O)c2ccc(C)cc2)c2c(Cl)cc(Cl)cc2n1. The van der Waals surface area contributed by atoms with Crippen molar-refractivity contribution in [2.24, 2.45) is 0 Å². The zero-order valence-corrected chi connectivity index (χ0v) is 24.2. The molecule has 4 rings (SSSR count). The largest absolute Gasteiger partial charge is 0.464 e. The zero-order chi connectivity index (χ0) is 27.4. The second-order valence-corrected chi connectivity index (χ2v) is 12.6. The number of aromatic nitrogens is 1. The van der Waals surface area contributed by atoms with Crippen LogP contribution in [0.15, 0.2) is 76.5 Å². The van der Waals surface area contributed by atoms with Crippen molar-refractivity contribution in [1.82, 2.24) is 4.98 Å². The summed E-state index contributed by atoms with van der Waals surface area (Å²) in [6, 6.07) is 19.3. The van der Waals surface area contributed by atoms with Crippen LogP contribution >= 0.6 is 35.0 Å². The molecule has 4 aromatic rings. The van der Waals surface area contributed by atoms with Crippen molar-refractivity contribution in [2.45, 2.75) is 30.1 Å². The van der Waals surface area contributed by atoms with Crippen LogP contribution in [0.5, 0.6) is 0 Å². The van der Waals surface area contributed by atoms with E-state index in [1.54, 1.807) is 42.1 Å². The Kier molecular flexibility index (Phi) is 8.88. The summed E-state index contributed by atoms with van der Waals surface area (Å²) in [5.74, 6) is -0.0255. The first-order chi connectivity index (χ1) is 18.1. The zero-order valence-electron chi connectivity index (χ0n) is 21.1. The van der Waals surface area contributed by atoms with Crippen LogP contribution in [0.3, 0.4) is 0 Å². The Balaban J connectivity index is 1.81. The summed E-state index contributed by atoms with van der Waals surface area (Å²) in [6.45, 7) is 4.07. The highest BCUT2D eigenvalue weighted by Crippen LogP contribution is 2.38. The molecule has 0 aliphatic rings. The van der Waals surface area contributed by atoms with Crippen LogP contribution in [0.2, 0.25) is 10.0 Å². The number of benzene rings is 3. The molecule has 0 bridgehead atoms. The van der Waals surface area contributed by atoms with Crippen LogP contribution in [-0.4, -0.2) is 38.8 Å². The van der Waals surface area contributed by atoms with Gasteiger partial charge in [-0.15, -0.1) is 11.8 Å². The lowest BCUT2D eigenvalue weighted by molar-refractivity contribution is 0.0594. The van der Waals surface area contributed by atoms with Crippen molar-refractivity contribution in [3.63, 3.8) is 0 Å². The predicted octanol–water partition coefficient (Wildman–Crippen LogP) is 7.32. The number of hydrogen-bond donors (Lipinski definition) is 0. The van der Waals surface area contributed by atoms with Gasteiger partial charge in [0.2, 0.25) is 0 Å². The number of halogens is 2. The monoisotopic (exact) mass is 588 g/mol. The number of pyridine rings is 1. The minimum absolute atomic E-state index is 0.0495. The van der Waals surface area contributed by atoms with Gasteiger partial charge in [0.05, 0.1) is 28.2 Å². The molecule has 0 aliphatic heterocycles. The number of carbonyl (C=O) groups excluding carboxylic acids is 1. The van der Waals surface area contributed by atoms with E-state index in [0.717, 1.165) is 16.0 Å². The Morgan fingerprint density at radius 2 is 1.74 bits per heavy atom. The lowest BCUT2D eigenvalue weighted by Crippen LogP contribution is -2.33. The quantitative estimate of drug-likeness (QED) is 0.116. The van der Waals surface area contributed by atoms with Crippen LogP contribution in [0, 0.1) is 13.8 Å². The molecule has 0 atom stereocenters. The molecular formula is C28H26Cl2N2O4S2. The fourth-order valence-electron chi connectivity index (χ4n) is 3.98. The van der Waals surface area contributed by atoms with E-state index < -0.39 is 16.0 Å². The fraction of sp³-hybridized carbons (Fsp3) is 0.214. The maximum absolute atomic E-state index is 14.0. The van der Waals surface area contributed by atoms with Gasteiger partial charge in [-0.2, -0.15) is 0 Å². The van der Waals surface area contributed by atoms with E-state index in [9.17, 15) is 13.2 Å². The predicted molar refractivity (Wildman–Crippen MR) is 155 cm³/mol. The van der Waals surface area contributed by atoms with Crippen molar-refractivity contribution in [3.05, 3.63) is 93.6 Å². The van der Waals surface area contributed by atoms with Gasteiger partial charge in [0.25, 0.3) is 10.0 Å². The van der Waals surface area contributed by atoms with Crippen molar-refractivity contribution >= 4 is 67.5 Å². The Labute approximate surface area is 237 Å². The molecule has 0 spiro atoms. The van der Waals surface area contributed by atoms with Gasteiger partial charge < -0.3 is 4.74 Å². The fourth-order valence-corrected chi connectivity index (χ4v) is 7.02. The molecule has 6 nitrogen and oxygen atoms in total. The summed E-state index contributed by atoms with van der Waals surface area (Å²) in [7, 11) is -2.80. The smallest absolute Gasteiger partial charge is 0.356 e. The third kappa shape index (κ3) is 6.26. The van der Waals surface area contributed by atoms with Gasteiger partial charge >= 0.3 is 5.97 Å². The first-order valence-corrected chi connectivity index (χ1v) is 15.0. The Bertz CT molecular complexity index is 1590. The number of anilines is 1. The molecule has 3 aromatic carbocycles. The van der Waals surface area contributed by atoms with Gasteiger partial charge in [-0.05, 0) is 68.5 Å². The maximum atomic E-state index is 14.0. The summed E-state index contributed by atoms with van der Waals surface area (Å²) in [6.07, 6.45) is 0.534. The van der Waals surface area contributed by atoms with Crippen molar-refractivity contribution < 1.29 is 17.9 Å². The van der Waals surface area contributed by atoms with Gasteiger partial charge in [-0.3, -0.25) is 4.31 Å². The third-order valence-electron chi connectivity index (χ3n) is 5.84. The highest BCUT2D eigenvalue weighted by Gasteiger charge is 2.29. The Morgan fingerprint density at radius 3 is 2.42 bits per heavy atom. The maximum Gasteiger partial charge on any atom is 0.356 e. The number of thioether (sulfide) groups is 1. The molecule has 198 valence electrons. The standard InChI is InChI=1S/C28H26Cl2N2O4S2/c1-18-8-10-22(11-9-18)38(34,35)32(12-5-13-37-21-7-4-6-19(2)14-21)26-17-25(28(33)36-3)31-24-16-20(29)15-23(30)27(24)26/h4,6-11,14-17H,5,12-13H2,1-3H3. The highest BCUT2D eigenvalue weighted by atomic mass is 35.5. The van der Waals surface area contributed by atoms with E-state index in [2.05, 4.69) is 11.1 Å². The van der Waals surface area contributed by atoms with E-state index in [4.69, 9.17) is 27.9 Å². The summed E-state index contributed by atoms with van der Waals surface area (Å²) >= 11 is 14.5. The number of hydrogen-bond acceptors (Lipinski definition) is 6. The summed E-state index contributed by atoms with van der Waals surface area (Å²) in [5, 5.41) is 0.917. The van der Waals surface area contributed by atoms with E-state index in [1.807, 2.05) is 32.0 Å². The van der Waals surface area contributed by atoms with Gasteiger partial charge in [0.15, 0.2) is 5.69 Å². The molecule has 0 aliphatic carbocycles. The van der Waals surface area contributed by atoms with Crippen LogP contribution in [0.25, 0.3) is 10.9 Å². The molecule has 38 heavy (non-hydrogen) atoms. The number of esters is 1. The number of sulfonamides is 1. The summed E-state index contributed by atoms with van der Waals surface area (Å²) in [4.78, 5) is 18.1. The van der Waals surface area contributed by atoms with E-state index in [1.165, 1.54) is 23.5 Å². The first kappa shape index (κ1) is 28.2. The van der Waals surface area contributed by atoms with E-state index in [0.29, 0.717) is 28.1 Å². The van der Waals surface area contributed by atoms with Gasteiger partial charge in [-0.1, -0.05) is 58.6 Å². The van der Waals surface area contributed by atoms with Crippen molar-refractivity contribution in [1.29, 1.82) is 0 Å². The molecule has 0 saturated heterocycles. The number of rotatable bonds is 9. The average molecular weight is 590 g/mol. The molecule has 0 radical (unpaired) electrons. The lowest BCUT2D eigenvalue weighted by Gasteiger charge is -2.26. The summed E-state index contributed by atoms with van der Waals surface area (Å²) < 4.78 is 34.3. The van der Waals surface area contributed by atoms with Crippen LogP contribution < -0.4 is 4.31 Å². The number of methoxy groups -OCH3 is 1. The molecule has 0 saturated carbocycles. The second kappa shape index (κ2) is 11.9. The molecule has 10 heteroatoms. The topological polar surface area (TPSA) is 76.6 Å². The number of ether oxygens (including phenoxy) is 1. The average Bonchev–Trinajstić information content (AvgIpc) is 2.87. The van der Waals surface area contributed by atoms with Crippen LogP contribution in [0.4, 0.5) is 5.69 Å². The molecule has 0 N–H and O–H groups in total. The number of fused-ring (bicyclic) bond motifs is 1. The minimum Gasteiger partial charge on any atom is -0.464 e. The second-order valence-electron chi connectivity index (χ2n) is 8.71. The highest BCUT2D eigenvalue weighted by molar-refractivity contribution is 7.99. The molecule has 0 fully saturated rings. The van der Waals surface area contributed by atoms with Crippen LogP contribution in [0.1, 0.15) is 28.0 Å². The number of nitrogens with zero attached hydrogens (tertiary/aromatic N) is 2. The molecule has 0 unspecified atom stereocenters. The summed E-state index contributed by atoms with van der Waals surface area (Å²) in [5.41, 5.74) is 2.57. The van der Waals surface area contributed by atoms with E-state index >= 15 is 0 Å². The minimum atomic E-state index is -4.04. The Hall–Kier alpha value is -2.78. The van der Waals surface area contributed by atoms with E-state index in [-0.39, 0.29) is 27.8 Å². The molecular weight excluding hydrogens is 563 g/mol. The molecule has 1 aromatic heterocycles. The number of carbonyl (C=O) groups is 1. The van der Waals surface area contributed by atoms with Gasteiger partial charge in [0, 0.05) is 21.8 Å². The van der Waals surface area contributed by atoms with Crippen molar-refractivity contribution in [3.8, 4) is 0 Å². The number of aryl methyl sites for hydroxylation is 2. The van der Waals surface area contributed by atoms with Crippen molar-refractivity contribution in [2.75, 3.05) is 23.7 Å². The molecule has 0 amide bonds. The normalized spacial score (nSPS) is 11.5. The lowest BCUT2D eigenvalue weighted by atomic mass is 10.1. The Morgan fingerprint density at radius 1 is 1.00 bits per heavy atom. The van der Waals surface area contributed by atoms with Gasteiger partial charge in [0.1, 0.15) is 0 Å². The first-order valence-electron chi connectivity index (χ1n) is 11.8. The van der Waals surface area contributed by atoms with Crippen LogP contribution in [-0.2, 0) is 14.8 Å². The third-order valence-corrected chi connectivity index (χ3v) is 9.26. The van der Waals surface area contributed by atoms with Gasteiger partial charge in [-0.25, -0.2) is 18.2 Å².